The maximum Gasteiger partial charge on any atom is 0.263 e. The summed E-state index contributed by atoms with van der Waals surface area (Å²) in [6.45, 7) is 5.96. The first-order valence-corrected chi connectivity index (χ1v) is 10.9. The second-order valence-corrected chi connectivity index (χ2v) is 8.75. The Hall–Kier alpha value is -2.61. The van der Waals surface area contributed by atoms with Crippen LogP contribution in [0.5, 0.6) is 0 Å². The number of para-hydroxylation sites is 1. The first-order valence-electron chi connectivity index (χ1n) is 10.0. The van der Waals surface area contributed by atoms with E-state index in [1.54, 1.807) is 16.7 Å². The average molecular weight is 412 g/mol. The molecule has 1 amide bonds. The first kappa shape index (κ1) is 19.7. The molecule has 29 heavy (non-hydrogen) atoms. The molecule has 0 saturated heterocycles. The highest BCUT2D eigenvalue weighted by Gasteiger charge is 2.23. The van der Waals surface area contributed by atoms with E-state index in [0.29, 0.717) is 22.9 Å². The Morgan fingerprint density at radius 2 is 2.07 bits per heavy atom. The lowest BCUT2D eigenvalue weighted by Gasteiger charge is -2.24. The van der Waals surface area contributed by atoms with Crippen LogP contribution in [0.2, 0.25) is 0 Å². The molecule has 4 rings (SSSR count). The molecule has 152 valence electrons. The fraction of sp³-hybridized carbons (Fsp3) is 0.429. The molecule has 0 spiro atoms. The number of amides is 1. The minimum Gasteiger partial charge on any atom is -0.352 e. The summed E-state index contributed by atoms with van der Waals surface area (Å²) < 4.78 is 3.41. The number of aromatic nitrogens is 4. The number of benzene rings is 1. The molecule has 1 aromatic carbocycles. The van der Waals surface area contributed by atoms with Crippen LogP contribution in [0.1, 0.15) is 39.0 Å². The summed E-state index contributed by atoms with van der Waals surface area (Å²) in [5, 5.41) is 12.6. The molecule has 1 fully saturated rings. The number of carbonyl (C=O) groups excluding carboxylic acids is 1. The summed E-state index contributed by atoms with van der Waals surface area (Å²) in [4.78, 5) is 25.6. The molecule has 2 heterocycles. The zero-order valence-corrected chi connectivity index (χ0v) is 17.3. The van der Waals surface area contributed by atoms with Gasteiger partial charge in [-0.2, -0.15) is 0 Å². The quantitative estimate of drug-likeness (QED) is 0.498. The lowest BCUT2D eigenvalue weighted by Crippen LogP contribution is -2.40. The number of hydrogen-bond donors (Lipinski definition) is 1. The van der Waals surface area contributed by atoms with Crippen molar-refractivity contribution in [3.63, 3.8) is 0 Å². The van der Waals surface area contributed by atoms with Gasteiger partial charge in [0.05, 0.1) is 16.2 Å². The molecule has 0 aliphatic heterocycles. The second-order valence-electron chi connectivity index (χ2n) is 7.44. The molecule has 1 N–H and O–H groups in total. The molecular weight excluding hydrogens is 386 g/mol. The Kier molecular flexibility index (Phi) is 5.71. The summed E-state index contributed by atoms with van der Waals surface area (Å²) in [7, 11) is 0. The van der Waals surface area contributed by atoms with E-state index in [0.717, 1.165) is 18.4 Å². The van der Waals surface area contributed by atoms with Gasteiger partial charge in [-0.15, -0.1) is 16.8 Å². The van der Waals surface area contributed by atoms with Gasteiger partial charge in [-0.1, -0.05) is 49.2 Å². The lowest BCUT2D eigenvalue weighted by atomic mass is 9.95. The summed E-state index contributed by atoms with van der Waals surface area (Å²) in [5.41, 5.74) is 0.611. The van der Waals surface area contributed by atoms with Crippen LogP contribution in [0.15, 0.2) is 46.9 Å². The smallest absolute Gasteiger partial charge is 0.263 e. The van der Waals surface area contributed by atoms with E-state index in [1.165, 1.54) is 31.0 Å². The standard InChI is InChI=1S/C21H25N5O2S/c1-3-13-25-19(28)16-11-7-8-12-17(16)26-20(25)23-24-21(26)29-14(2)18(27)22-15-9-5-4-6-10-15/h3,7-8,11-12,14-15H,1,4-6,9-10,13H2,2H3,(H,22,27)/t14-/m1/s1. The average Bonchev–Trinajstić information content (AvgIpc) is 3.15. The van der Waals surface area contributed by atoms with Crippen molar-refractivity contribution in [2.45, 2.75) is 62.0 Å². The predicted octanol–water partition coefficient (Wildman–Crippen LogP) is 3.16. The molecule has 0 bridgehead atoms. The molecule has 1 saturated carbocycles. The third-order valence-electron chi connectivity index (χ3n) is 5.39. The molecule has 1 aliphatic rings. The number of carbonyl (C=O) groups is 1. The van der Waals surface area contributed by atoms with Crippen molar-refractivity contribution in [3.8, 4) is 0 Å². The third kappa shape index (κ3) is 3.81. The van der Waals surface area contributed by atoms with Gasteiger partial charge in [-0.3, -0.25) is 18.6 Å². The van der Waals surface area contributed by atoms with Crippen LogP contribution in [0.25, 0.3) is 16.7 Å². The highest BCUT2D eigenvalue weighted by molar-refractivity contribution is 8.00. The van der Waals surface area contributed by atoms with E-state index in [4.69, 9.17) is 0 Å². The topological polar surface area (TPSA) is 81.3 Å². The van der Waals surface area contributed by atoms with Crippen molar-refractivity contribution >= 4 is 34.3 Å². The Morgan fingerprint density at radius 1 is 1.31 bits per heavy atom. The number of nitrogens with one attached hydrogen (secondary N) is 1. The number of fused-ring (bicyclic) bond motifs is 3. The van der Waals surface area contributed by atoms with Gasteiger partial charge in [0.2, 0.25) is 11.7 Å². The number of rotatable bonds is 6. The van der Waals surface area contributed by atoms with E-state index in [2.05, 4.69) is 22.1 Å². The monoisotopic (exact) mass is 411 g/mol. The normalized spacial score (nSPS) is 16.2. The van der Waals surface area contributed by atoms with E-state index < -0.39 is 0 Å². The van der Waals surface area contributed by atoms with Gasteiger partial charge >= 0.3 is 0 Å². The molecule has 7 nitrogen and oxygen atoms in total. The molecule has 0 radical (unpaired) electrons. The number of allylic oxidation sites excluding steroid dienone is 1. The SMILES string of the molecule is C=CCn1c(=O)c2ccccc2n2c(S[C@H](C)C(=O)NC3CCCCC3)nnc12. The van der Waals surface area contributed by atoms with E-state index in [1.807, 2.05) is 29.5 Å². The van der Waals surface area contributed by atoms with Gasteiger partial charge in [-0.05, 0) is 31.9 Å². The van der Waals surface area contributed by atoms with E-state index >= 15 is 0 Å². The van der Waals surface area contributed by atoms with Gasteiger partial charge < -0.3 is 5.32 Å². The predicted molar refractivity (Wildman–Crippen MR) is 115 cm³/mol. The van der Waals surface area contributed by atoms with E-state index in [9.17, 15) is 9.59 Å². The third-order valence-corrected chi connectivity index (χ3v) is 6.44. The van der Waals surface area contributed by atoms with Crippen LogP contribution < -0.4 is 10.9 Å². The molecule has 2 aromatic heterocycles. The Morgan fingerprint density at radius 3 is 2.83 bits per heavy atom. The van der Waals surface area contributed by atoms with Gasteiger partial charge in [0, 0.05) is 12.6 Å². The first-order chi connectivity index (χ1) is 14.1. The summed E-state index contributed by atoms with van der Waals surface area (Å²) in [5.74, 6) is 0.471. The summed E-state index contributed by atoms with van der Waals surface area (Å²) >= 11 is 1.36. The van der Waals surface area contributed by atoms with Gasteiger partial charge in [0.15, 0.2) is 5.16 Å². The van der Waals surface area contributed by atoms with E-state index in [-0.39, 0.29) is 22.8 Å². The highest BCUT2D eigenvalue weighted by Crippen LogP contribution is 2.26. The van der Waals surface area contributed by atoms with Crippen molar-refractivity contribution in [1.29, 1.82) is 0 Å². The van der Waals surface area contributed by atoms with Crippen LogP contribution in [0, 0.1) is 0 Å². The van der Waals surface area contributed by atoms with Crippen LogP contribution in [-0.4, -0.2) is 36.4 Å². The summed E-state index contributed by atoms with van der Waals surface area (Å²) in [6, 6.07) is 7.66. The van der Waals surface area contributed by atoms with Crippen molar-refractivity contribution in [1.82, 2.24) is 24.5 Å². The van der Waals surface area contributed by atoms with Crippen molar-refractivity contribution in [2.75, 3.05) is 0 Å². The minimum absolute atomic E-state index is 0.0161. The highest BCUT2D eigenvalue weighted by atomic mass is 32.2. The molecule has 1 aliphatic carbocycles. The zero-order chi connectivity index (χ0) is 20.4. The van der Waals surface area contributed by atoms with Crippen molar-refractivity contribution in [3.05, 3.63) is 47.3 Å². The van der Waals surface area contributed by atoms with Gasteiger partial charge in [-0.25, -0.2) is 0 Å². The Balaban J connectivity index is 1.68. The fourth-order valence-corrected chi connectivity index (χ4v) is 4.75. The largest absolute Gasteiger partial charge is 0.352 e. The number of hydrogen-bond acceptors (Lipinski definition) is 5. The Bertz CT molecular complexity index is 1110. The van der Waals surface area contributed by atoms with Crippen LogP contribution in [-0.2, 0) is 11.3 Å². The maximum atomic E-state index is 12.9. The summed E-state index contributed by atoms with van der Waals surface area (Å²) in [6.07, 6.45) is 7.37. The van der Waals surface area contributed by atoms with Crippen LogP contribution in [0.3, 0.4) is 0 Å². The number of thioether (sulfide) groups is 1. The minimum atomic E-state index is -0.317. The van der Waals surface area contributed by atoms with Gasteiger partial charge in [0.25, 0.3) is 5.56 Å². The zero-order valence-electron chi connectivity index (χ0n) is 16.5. The number of nitrogens with zero attached hydrogens (tertiary/aromatic N) is 4. The van der Waals surface area contributed by atoms with Crippen LogP contribution >= 0.6 is 11.8 Å². The lowest BCUT2D eigenvalue weighted by molar-refractivity contribution is -0.121. The molecular formula is C21H25N5O2S. The van der Waals surface area contributed by atoms with Crippen molar-refractivity contribution < 1.29 is 4.79 Å². The molecule has 0 unspecified atom stereocenters. The molecule has 3 aromatic rings. The molecule has 1 atom stereocenters. The fourth-order valence-electron chi connectivity index (χ4n) is 3.88. The van der Waals surface area contributed by atoms with Crippen LogP contribution in [0.4, 0.5) is 0 Å². The van der Waals surface area contributed by atoms with Gasteiger partial charge in [0.1, 0.15) is 0 Å². The molecule has 8 heteroatoms. The maximum absolute atomic E-state index is 12.9. The second kappa shape index (κ2) is 8.41. The van der Waals surface area contributed by atoms with Crippen molar-refractivity contribution in [2.24, 2.45) is 0 Å². The Labute approximate surface area is 173 Å².